The predicted molar refractivity (Wildman–Crippen MR) is 119 cm³/mol. The second-order valence-corrected chi connectivity index (χ2v) is 9.82. The average Bonchev–Trinajstić information content (AvgIpc) is 3.02. The molecule has 188 valence electrons. The molecule has 1 aromatic carbocycles. The second-order valence-electron chi connectivity index (χ2n) is 9.82. The molecule has 0 radical (unpaired) electrons. The maximum Gasteiger partial charge on any atom is 0.401 e. The number of amides is 4. The highest BCUT2D eigenvalue weighted by Crippen LogP contribution is 2.35. The van der Waals surface area contributed by atoms with E-state index in [1.807, 2.05) is 4.90 Å². The maximum atomic E-state index is 13.3. The topological polar surface area (TPSA) is 90.0 Å². The van der Waals surface area contributed by atoms with E-state index in [2.05, 4.69) is 5.32 Å². The fourth-order valence-corrected chi connectivity index (χ4v) is 5.71. The number of carbonyl (C=O) groups is 4. The molecular weight excluding hydrogens is 465 g/mol. The van der Waals surface area contributed by atoms with E-state index in [1.54, 1.807) is 17.0 Å². The SMILES string of the molecule is O=C1CCC(N2C(=O)c3ccc(N4CC(N(CC(F)(F)F)C5CCCCC5)C4)cc3C2=O)C(=O)N1. The number of anilines is 1. The number of nitrogens with one attached hydrogen (secondary N) is 1. The van der Waals surface area contributed by atoms with Gasteiger partial charge in [0.15, 0.2) is 0 Å². The van der Waals surface area contributed by atoms with Crippen molar-refractivity contribution in [3.05, 3.63) is 29.3 Å². The lowest BCUT2D eigenvalue weighted by molar-refractivity contribution is -0.159. The summed E-state index contributed by atoms with van der Waals surface area (Å²) in [7, 11) is 0. The Bertz CT molecular complexity index is 1060. The van der Waals surface area contributed by atoms with Crippen LogP contribution in [0.2, 0.25) is 0 Å². The second kappa shape index (κ2) is 8.92. The summed E-state index contributed by atoms with van der Waals surface area (Å²) in [6.07, 6.45) is 0.353. The van der Waals surface area contributed by atoms with Gasteiger partial charge in [0.1, 0.15) is 6.04 Å². The highest BCUT2D eigenvalue weighted by molar-refractivity contribution is 6.23. The highest BCUT2D eigenvalue weighted by Gasteiger charge is 2.46. The van der Waals surface area contributed by atoms with Crippen molar-refractivity contribution in [3.8, 4) is 0 Å². The molecular formula is C24H27F3N4O4. The Hall–Kier alpha value is -2.95. The molecule has 4 amide bonds. The maximum absolute atomic E-state index is 13.3. The van der Waals surface area contributed by atoms with Crippen LogP contribution in [-0.2, 0) is 9.59 Å². The van der Waals surface area contributed by atoms with Crippen molar-refractivity contribution in [3.63, 3.8) is 0 Å². The van der Waals surface area contributed by atoms with Gasteiger partial charge in [-0.1, -0.05) is 19.3 Å². The third-order valence-electron chi connectivity index (χ3n) is 7.53. The molecule has 2 saturated heterocycles. The summed E-state index contributed by atoms with van der Waals surface area (Å²) < 4.78 is 39.9. The first-order valence-electron chi connectivity index (χ1n) is 12.1. The zero-order chi connectivity index (χ0) is 24.9. The standard InChI is InChI=1S/C24H27F3N4O4/c25-24(26,27)13-30(14-4-2-1-3-5-14)16-11-29(12-16)15-6-7-17-18(10-15)23(35)31(22(17)34)19-8-9-20(32)28-21(19)33/h6-7,10,14,16,19H,1-5,8-9,11-13H2,(H,28,32,33). The molecule has 3 heterocycles. The third kappa shape index (κ3) is 4.53. The fraction of sp³-hybridized carbons (Fsp3) is 0.583. The number of hydrogen-bond acceptors (Lipinski definition) is 6. The fourth-order valence-electron chi connectivity index (χ4n) is 5.71. The molecule has 0 bridgehead atoms. The Morgan fingerprint density at radius 3 is 2.26 bits per heavy atom. The molecule has 11 heteroatoms. The van der Waals surface area contributed by atoms with Crippen LogP contribution >= 0.6 is 0 Å². The normalized spacial score (nSPS) is 24.2. The van der Waals surface area contributed by atoms with E-state index in [4.69, 9.17) is 0 Å². The number of halogens is 3. The van der Waals surface area contributed by atoms with Gasteiger partial charge in [-0.25, -0.2) is 0 Å². The molecule has 1 saturated carbocycles. The van der Waals surface area contributed by atoms with E-state index in [0.29, 0.717) is 18.8 Å². The van der Waals surface area contributed by atoms with Crippen molar-refractivity contribution in [2.24, 2.45) is 0 Å². The molecule has 3 aliphatic heterocycles. The molecule has 1 aliphatic carbocycles. The van der Waals surface area contributed by atoms with Crippen LogP contribution in [0.15, 0.2) is 18.2 Å². The molecule has 8 nitrogen and oxygen atoms in total. The highest BCUT2D eigenvalue weighted by atomic mass is 19.4. The van der Waals surface area contributed by atoms with E-state index in [-0.39, 0.29) is 36.1 Å². The Kier molecular flexibility index (Phi) is 6.06. The third-order valence-corrected chi connectivity index (χ3v) is 7.53. The van der Waals surface area contributed by atoms with Gasteiger partial charge in [0.2, 0.25) is 11.8 Å². The Morgan fingerprint density at radius 1 is 0.914 bits per heavy atom. The number of carbonyl (C=O) groups excluding carboxylic acids is 4. The summed E-state index contributed by atoms with van der Waals surface area (Å²) in [5.41, 5.74) is 1.00. The molecule has 4 aliphatic rings. The van der Waals surface area contributed by atoms with E-state index in [1.165, 1.54) is 6.07 Å². The van der Waals surface area contributed by atoms with Gasteiger partial charge in [-0.15, -0.1) is 0 Å². The van der Waals surface area contributed by atoms with Crippen molar-refractivity contribution >= 4 is 29.3 Å². The minimum absolute atomic E-state index is 0.0413. The van der Waals surface area contributed by atoms with Gasteiger partial charge < -0.3 is 4.90 Å². The van der Waals surface area contributed by atoms with Gasteiger partial charge in [0.05, 0.1) is 17.7 Å². The number of hydrogen-bond donors (Lipinski definition) is 1. The molecule has 0 spiro atoms. The Balaban J connectivity index is 1.29. The van der Waals surface area contributed by atoms with Gasteiger partial charge in [0.25, 0.3) is 11.8 Å². The minimum atomic E-state index is -4.27. The number of imide groups is 2. The number of benzene rings is 1. The number of fused-ring (bicyclic) bond motifs is 1. The molecule has 1 unspecified atom stereocenters. The van der Waals surface area contributed by atoms with Gasteiger partial charge in [-0.2, -0.15) is 13.2 Å². The van der Waals surface area contributed by atoms with Crippen molar-refractivity contribution in [1.82, 2.24) is 15.1 Å². The summed E-state index contributed by atoms with van der Waals surface area (Å²) in [5.74, 6) is -2.29. The zero-order valence-corrected chi connectivity index (χ0v) is 19.1. The molecule has 1 N–H and O–H groups in total. The molecule has 3 fully saturated rings. The van der Waals surface area contributed by atoms with Crippen LogP contribution in [0.1, 0.15) is 65.7 Å². The van der Waals surface area contributed by atoms with Crippen LogP contribution in [-0.4, -0.2) is 77.4 Å². The van der Waals surface area contributed by atoms with Crippen LogP contribution in [0.5, 0.6) is 0 Å². The van der Waals surface area contributed by atoms with Gasteiger partial charge in [-0.05, 0) is 37.5 Å². The molecule has 1 aromatic rings. The Labute approximate surface area is 200 Å². The van der Waals surface area contributed by atoms with Gasteiger partial charge in [0, 0.05) is 37.3 Å². The predicted octanol–water partition coefficient (Wildman–Crippen LogP) is 2.47. The van der Waals surface area contributed by atoms with Crippen molar-refractivity contribution in [2.45, 2.75) is 69.2 Å². The van der Waals surface area contributed by atoms with Crippen LogP contribution < -0.4 is 10.2 Å². The van der Waals surface area contributed by atoms with Crippen LogP contribution in [0.4, 0.5) is 18.9 Å². The van der Waals surface area contributed by atoms with E-state index in [0.717, 1.165) is 37.0 Å². The van der Waals surface area contributed by atoms with E-state index in [9.17, 15) is 32.3 Å². The molecule has 0 aromatic heterocycles. The summed E-state index contributed by atoms with van der Waals surface area (Å²) in [4.78, 5) is 54.0. The van der Waals surface area contributed by atoms with E-state index < -0.39 is 42.4 Å². The quantitative estimate of drug-likeness (QED) is 0.636. The summed E-state index contributed by atoms with van der Waals surface area (Å²) in [5, 5.41) is 2.16. The van der Waals surface area contributed by atoms with E-state index >= 15 is 0 Å². The van der Waals surface area contributed by atoms with Crippen LogP contribution in [0.3, 0.4) is 0 Å². The van der Waals surface area contributed by atoms with Crippen LogP contribution in [0, 0.1) is 0 Å². The summed E-state index contributed by atoms with van der Waals surface area (Å²) in [6, 6.07) is 3.45. The molecule has 35 heavy (non-hydrogen) atoms. The van der Waals surface area contributed by atoms with Crippen molar-refractivity contribution < 1.29 is 32.3 Å². The number of piperidine rings is 1. The summed E-state index contributed by atoms with van der Waals surface area (Å²) in [6.45, 7) is -0.108. The first-order valence-corrected chi connectivity index (χ1v) is 12.1. The van der Waals surface area contributed by atoms with Crippen LogP contribution in [0.25, 0.3) is 0 Å². The number of nitrogens with zero attached hydrogens (tertiary/aromatic N) is 3. The first kappa shape index (κ1) is 23.8. The first-order chi connectivity index (χ1) is 16.6. The zero-order valence-electron chi connectivity index (χ0n) is 19.1. The largest absolute Gasteiger partial charge is 0.401 e. The lowest BCUT2D eigenvalue weighted by atomic mass is 9.91. The monoisotopic (exact) mass is 492 g/mol. The average molecular weight is 492 g/mol. The minimum Gasteiger partial charge on any atom is -0.368 e. The summed E-state index contributed by atoms with van der Waals surface area (Å²) >= 11 is 0. The molecule has 5 rings (SSSR count). The Morgan fingerprint density at radius 2 is 1.60 bits per heavy atom. The smallest absolute Gasteiger partial charge is 0.368 e. The number of rotatable bonds is 5. The van der Waals surface area contributed by atoms with Crippen molar-refractivity contribution in [2.75, 3.05) is 24.5 Å². The lowest BCUT2D eigenvalue weighted by Gasteiger charge is -2.50. The lowest BCUT2D eigenvalue weighted by Crippen LogP contribution is -2.63. The van der Waals surface area contributed by atoms with Crippen molar-refractivity contribution in [1.29, 1.82) is 0 Å². The van der Waals surface area contributed by atoms with Gasteiger partial charge >= 0.3 is 6.18 Å². The molecule has 1 atom stereocenters. The van der Waals surface area contributed by atoms with Gasteiger partial charge in [-0.3, -0.25) is 34.3 Å². The number of alkyl halides is 3.